The molecule has 5 heteroatoms. The van der Waals surface area contributed by atoms with Crippen molar-refractivity contribution >= 4 is 22.9 Å². The molecule has 1 aromatic carbocycles. The van der Waals surface area contributed by atoms with Gasteiger partial charge in [0.05, 0.1) is 6.04 Å². The van der Waals surface area contributed by atoms with Crippen molar-refractivity contribution in [2.75, 3.05) is 0 Å². The first-order chi connectivity index (χ1) is 8.00. The Hall–Kier alpha value is -0.970. The number of nitrogens with two attached hydrogens (primary N) is 1. The number of halogens is 3. The number of benzene rings is 1. The molecule has 1 atom stereocenters. The number of thiophene rings is 1. The lowest BCUT2D eigenvalue weighted by atomic mass is 9.99. The van der Waals surface area contributed by atoms with Gasteiger partial charge in [-0.3, -0.25) is 0 Å². The second-order valence-electron chi connectivity index (χ2n) is 3.78. The number of aryl methyl sites for hydroxylation is 1. The molecule has 0 spiro atoms. The molecule has 0 bridgehead atoms. The summed E-state index contributed by atoms with van der Waals surface area (Å²) in [6.07, 6.45) is 0. The molecule has 0 aliphatic heterocycles. The minimum atomic E-state index is -0.965. The molecule has 1 aromatic heterocycles. The highest BCUT2D eigenvalue weighted by Crippen LogP contribution is 2.31. The lowest BCUT2D eigenvalue weighted by Crippen LogP contribution is -2.13. The van der Waals surface area contributed by atoms with Gasteiger partial charge in [0.1, 0.15) is 0 Å². The van der Waals surface area contributed by atoms with Gasteiger partial charge >= 0.3 is 0 Å². The summed E-state index contributed by atoms with van der Waals surface area (Å²) in [6, 6.07) is 1.47. The van der Waals surface area contributed by atoms with E-state index in [-0.39, 0.29) is 5.02 Å². The van der Waals surface area contributed by atoms with E-state index >= 15 is 0 Å². The number of hydrogen-bond donors (Lipinski definition) is 1. The van der Waals surface area contributed by atoms with Crippen LogP contribution in [-0.4, -0.2) is 0 Å². The Labute approximate surface area is 107 Å². The summed E-state index contributed by atoms with van der Waals surface area (Å²) < 4.78 is 26.1. The van der Waals surface area contributed by atoms with Crippen molar-refractivity contribution in [3.05, 3.63) is 56.2 Å². The summed E-state index contributed by atoms with van der Waals surface area (Å²) in [5.74, 6) is -1.90. The molecule has 1 nitrogen and oxygen atoms in total. The zero-order valence-electron chi connectivity index (χ0n) is 9.01. The maximum atomic E-state index is 13.2. The molecule has 0 aliphatic carbocycles. The third-order valence-corrected chi connectivity index (χ3v) is 3.81. The summed E-state index contributed by atoms with van der Waals surface area (Å²) in [7, 11) is 0. The van der Waals surface area contributed by atoms with Crippen LogP contribution in [0.4, 0.5) is 8.78 Å². The van der Waals surface area contributed by atoms with Crippen molar-refractivity contribution in [2.45, 2.75) is 13.0 Å². The summed E-state index contributed by atoms with van der Waals surface area (Å²) in [5, 5.41) is 3.97. The minimum Gasteiger partial charge on any atom is -0.320 e. The highest BCUT2D eigenvalue weighted by molar-refractivity contribution is 7.08. The third kappa shape index (κ3) is 2.34. The fraction of sp³-hybridized carbons (Fsp3) is 0.167. The van der Waals surface area contributed by atoms with E-state index in [1.807, 2.05) is 17.7 Å². The lowest BCUT2D eigenvalue weighted by Gasteiger charge is -2.14. The first kappa shape index (κ1) is 12.5. The molecule has 0 aliphatic rings. The molecule has 1 heterocycles. The molecule has 1 unspecified atom stereocenters. The van der Waals surface area contributed by atoms with Crippen LogP contribution in [0.5, 0.6) is 0 Å². The fourth-order valence-electron chi connectivity index (χ4n) is 1.63. The van der Waals surface area contributed by atoms with Gasteiger partial charge in [0.15, 0.2) is 11.6 Å². The minimum absolute atomic E-state index is 0.141. The van der Waals surface area contributed by atoms with Gasteiger partial charge in [-0.15, -0.1) is 0 Å². The summed E-state index contributed by atoms with van der Waals surface area (Å²) in [5.41, 5.74) is 8.30. The molecule has 90 valence electrons. The Bertz CT molecular complexity index is 553. The molecule has 2 N–H and O–H groups in total. The van der Waals surface area contributed by atoms with Crippen LogP contribution in [0.25, 0.3) is 0 Å². The maximum absolute atomic E-state index is 13.2. The van der Waals surface area contributed by atoms with E-state index in [2.05, 4.69) is 0 Å². The molecule has 0 radical (unpaired) electrons. The predicted molar refractivity (Wildman–Crippen MR) is 66.5 cm³/mol. The van der Waals surface area contributed by atoms with E-state index < -0.39 is 17.7 Å². The second kappa shape index (κ2) is 4.72. The van der Waals surface area contributed by atoms with Gasteiger partial charge in [0, 0.05) is 5.02 Å². The molecule has 0 saturated carbocycles. The molecule has 0 saturated heterocycles. The van der Waals surface area contributed by atoms with Crippen LogP contribution in [0.15, 0.2) is 22.9 Å². The number of hydrogen-bond acceptors (Lipinski definition) is 2. The standard InChI is InChI=1S/C12H10ClF2NS/c1-6-4-17-5-8(6)12(16)7-2-10(14)11(15)3-9(7)13/h2-5,12H,16H2,1H3. The van der Waals surface area contributed by atoms with Gasteiger partial charge in [-0.05, 0) is 46.5 Å². The second-order valence-corrected chi connectivity index (χ2v) is 4.93. The van der Waals surface area contributed by atoms with Gasteiger partial charge in [-0.1, -0.05) is 11.6 Å². The SMILES string of the molecule is Cc1cscc1C(N)c1cc(F)c(F)cc1Cl. The van der Waals surface area contributed by atoms with Crippen molar-refractivity contribution in [1.29, 1.82) is 0 Å². The van der Waals surface area contributed by atoms with Gasteiger partial charge < -0.3 is 5.73 Å². The Morgan fingerprint density at radius 2 is 1.82 bits per heavy atom. The van der Waals surface area contributed by atoms with Crippen LogP contribution >= 0.6 is 22.9 Å². The van der Waals surface area contributed by atoms with Gasteiger partial charge in [0.25, 0.3) is 0 Å². The van der Waals surface area contributed by atoms with Crippen LogP contribution in [0.2, 0.25) is 5.02 Å². The van der Waals surface area contributed by atoms with Crippen molar-refractivity contribution in [3.8, 4) is 0 Å². The van der Waals surface area contributed by atoms with E-state index in [0.29, 0.717) is 5.56 Å². The van der Waals surface area contributed by atoms with Gasteiger partial charge in [0.2, 0.25) is 0 Å². The third-order valence-electron chi connectivity index (χ3n) is 2.60. The normalized spacial score (nSPS) is 12.8. The summed E-state index contributed by atoms with van der Waals surface area (Å²) in [4.78, 5) is 0. The van der Waals surface area contributed by atoms with Crippen molar-refractivity contribution in [1.82, 2.24) is 0 Å². The maximum Gasteiger partial charge on any atom is 0.160 e. The Morgan fingerprint density at radius 1 is 1.18 bits per heavy atom. The van der Waals surface area contributed by atoms with E-state index in [9.17, 15) is 8.78 Å². The fourth-order valence-corrected chi connectivity index (χ4v) is 2.79. The summed E-state index contributed by atoms with van der Waals surface area (Å²) in [6.45, 7) is 1.92. The van der Waals surface area contributed by atoms with Crippen LogP contribution < -0.4 is 5.73 Å². The van der Waals surface area contributed by atoms with Gasteiger partial charge in [-0.2, -0.15) is 11.3 Å². The Morgan fingerprint density at radius 3 is 2.41 bits per heavy atom. The van der Waals surface area contributed by atoms with E-state index in [0.717, 1.165) is 23.3 Å². The van der Waals surface area contributed by atoms with Crippen molar-refractivity contribution in [2.24, 2.45) is 5.73 Å². The van der Waals surface area contributed by atoms with E-state index in [1.54, 1.807) is 0 Å². The number of rotatable bonds is 2. The lowest BCUT2D eigenvalue weighted by molar-refractivity contribution is 0.506. The zero-order chi connectivity index (χ0) is 12.6. The monoisotopic (exact) mass is 273 g/mol. The van der Waals surface area contributed by atoms with E-state index in [4.69, 9.17) is 17.3 Å². The van der Waals surface area contributed by atoms with Crippen LogP contribution in [0, 0.1) is 18.6 Å². The van der Waals surface area contributed by atoms with Crippen molar-refractivity contribution < 1.29 is 8.78 Å². The van der Waals surface area contributed by atoms with Crippen molar-refractivity contribution in [3.63, 3.8) is 0 Å². The molecular weight excluding hydrogens is 264 g/mol. The van der Waals surface area contributed by atoms with Crippen LogP contribution in [0.3, 0.4) is 0 Å². The molecule has 2 rings (SSSR count). The molecule has 17 heavy (non-hydrogen) atoms. The zero-order valence-corrected chi connectivity index (χ0v) is 10.6. The quantitative estimate of drug-likeness (QED) is 0.821. The highest BCUT2D eigenvalue weighted by Gasteiger charge is 2.18. The molecule has 0 fully saturated rings. The molecule has 2 aromatic rings. The van der Waals surface area contributed by atoms with Crippen LogP contribution in [-0.2, 0) is 0 Å². The topological polar surface area (TPSA) is 26.0 Å². The summed E-state index contributed by atoms with van der Waals surface area (Å²) >= 11 is 7.39. The molecule has 0 amide bonds. The highest BCUT2D eigenvalue weighted by atomic mass is 35.5. The first-order valence-electron chi connectivity index (χ1n) is 4.93. The Kier molecular flexibility index (Phi) is 3.47. The average Bonchev–Trinajstić information content (AvgIpc) is 2.69. The first-order valence-corrected chi connectivity index (χ1v) is 6.25. The van der Waals surface area contributed by atoms with Crippen LogP contribution in [0.1, 0.15) is 22.7 Å². The van der Waals surface area contributed by atoms with E-state index in [1.165, 1.54) is 11.3 Å². The van der Waals surface area contributed by atoms with Gasteiger partial charge in [-0.25, -0.2) is 8.78 Å². The molecular formula is C12H10ClF2NS. The smallest absolute Gasteiger partial charge is 0.160 e. The predicted octanol–water partition coefficient (Wildman–Crippen LogP) is 4.04. The average molecular weight is 274 g/mol. The largest absolute Gasteiger partial charge is 0.320 e. The Balaban J connectivity index is 2.48.